The SMILES string of the molecule is O=C(Cc1ccc([N+](=O)[O-])cc1)NN/C1=C(\C(=O)C(F)(F)F)CCCCCCCCCC1. The molecule has 0 fully saturated rings. The standard InChI is InChI=1S/C22H28F3N3O4/c23-22(24,25)21(30)18-9-7-5-3-1-2-4-6-8-10-19(18)26-27-20(29)15-16-11-13-17(14-12-16)28(31)32/h11-14,26H,1-10,15H2,(H,27,29)/b19-18-. The summed E-state index contributed by atoms with van der Waals surface area (Å²) < 4.78 is 39.6. The molecule has 0 saturated heterocycles. The zero-order valence-corrected chi connectivity index (χ0v) is 17.8. The second-order valence-corrected chi connectivity index (χ2v) is 7.89. The summed E-state index contributed by atoms with van der Waals surface area (Å²) >= 11 is 0. The monoisotopic (exact) mass is 455 g/mol. The van der Waals surface area contributed by atoms with E-state index in [0.717, 1.165) is 38.5 Å². The summed E-state index contributed by atoms with van der Waals surface area (Å²) in [6.07, 6.45) is 1.78. The van der Waals surface area contributed by atoms with E-state index in [2.05, 4.69) is 10.9 Å². The fourth-order valence-corrected chi connectivity index (χ4v) is 3.64. The van der Waals surface area contributed by atoms with Crippen LogP contribution in [0.25, 0.3) is 0 Å². The van der Waals surface area contributed by atoms with Crippen molar-refractivity contribution < 1.29 is 27.7 Å². The number of benzene rings is 1. The molecule has 0 aromatic heterocycles. The fraction of sp³-hybridized carbons (Fsp3) is 0.545. The maximum Gasteiger partial charge on any atom is 0.454 e. The van der Waals surface area contributed by atoms with E-state index in [1.54, 1.807) is 0 Å². The average Bonchev–Trinajstić information content (AvgIpc) is 2.72. The van der Waals surface area contributed by atoms with Crippen molar-refractivity contribution in [3.8, 4) is 0 Å². The van der Waals surface area contributed by atoms with E-state index in [0.29, 0.717) is 18.4 Å². The van der Waals surface area contributed by atoms with Gasteiger partial charge in [0.05, 0.1) is 11.3 Å². The summed E-state index contributed by atoms with van der Waals surface area (Å²) in [4.78, 5) is 34.5. The Bertz CT molecular complexity index is 836. The van der Waals surface area contributed by atoms with Gasteiger partial charge in [-0.3, -0.25) is 25.1 Å². The number of Topliss-reactive ketones (excluding diaryl/α,β-unsaturated/α-hetero) is 1. The van der Waals surface area contributed by atoms with Gasteiger partial charge in [0.15, 0.2) is 0 Å². The van der Waals surface area contributed by atoms with Gasteiger partial charge in [0.2, 0.25) is 5.91 Å². The molecule has 32 heavy (non-hydrogen) atoms. The molecule has 0 bridgehead atoms. The number of carbonyl (C=O) groups is 2. The largest absolute Gasteiger partial charge is 0.454 e. The number of nitrogens with zero attached hydrogens (tertiary/aromatic N) is 1. The van der Waals surface area contributed by atoms with Gasteiger partial charge in [-0.25, -0.2) is 0 Å². The molecule has 1 aromatic carbocycles. The van der Waals surface area contributed by atoms with E-state index in [1.165, 1.54) is 24.3 Å². The van der Waals surface area contributed by atoms with Gasteiger partial charge in [0, 0.05) is 23.4 Å². The molecule has 0 heterocycles. The quantitative estimate of drug-likeness (QED) is 0.461. The molecule has 0 aliphatic heterocycles. The number of hydrazine groups is 1. The highest BCUT2D eigenvalue weighted by Gasteiger charge is 2.41. The second kappa shape index (κ2) is 12.2. The van der Waals surface area contributed by atoms with Crippen molar-refractivity contribution in [2.24, 2.45) is 0 Å². The van der Waals surface area contributed by atoms with Crippen molar-refractivity contribution in [1.29, 1.82) is 0 Å². The smallest absolute Gasteiger partial charge is 0.302 e. The molecule has 1 amide bonds. The minimum absolute atomic E-state index is 0.00109. The minimum atomic E-state index is -4.98. The Morgan fingerprint density at radius 3 is 1.97 bits per heavy atom. The molecule has 0 atom stereocenters. The number of amides is 1. The lowest BCUT2D eigenvalue weighted by atomic mass is 9.96. The zero-order valence-electron chi connectivity index (χ0n) is 17.8. The number of halogens is 3. The predicted octanol–water partition coefficient (Wildman–Crippen LogP) is 5.06. The van der Waals surface area contributed by atoms with Gasteiger partial charge in [-0.2, -0.15) is 13.2 Å². The first-order valence-corrected chi connectivity index (χ1v) is 10.8. The van der Waals surface area contributed by atoms with E-state index < -0.39 is 22.8 Å². The Labute approximate surface area is 184 Å². The van der Waals surface area contributed by atoms with Gasteiger partial charge in [-0.05, 0) is 31.2 Å². The zero-order chi connectivity index (χ0) is 23.6. The molecular formula is C22H28F3N3O4. The molecular weight excluding hydrogens is 427 g/mol. The Balaban J connectivity index is 2.12. The molecule has 2 N–H and O–H groups in total. The van der Waals surface area contributed by atoms with Crippen molar-refractivity contribution in [2.75, 3.05) is 0 Å². The third kappa shape index (κ3) is 8.32. The fourth-order valence-electron chi connectivity index (χ4n) is 3.64. The Hall–Kier alpha value is -2.91. The van der Waals surface area contributed by atoms with Crippen LogP contribution in [0.1, 0.15) is 69.8 Å². The van der Waals surface area contributed by atoms with E-state index in [9.17, 15) is 32.9 Å². The van der Waals surface area contributed by atoms with E-state index in [-0.39, 0.29) is 36.2 Å². The summed E-state index contributed by atoms with van der Waals surface area (Å²) in [7, 11) is 0. The maximum absolute atomic E-state index is 13.2. The third-order valence-electron chi connectivity index (χ3n) is 5.36. The molecule has 0 unspecified atom stereocenters. The van der Waals surface area contributed by atoms with Crippen molar-refractivity contribution in [2.45, 2.75) is 76.8 Å². The normalized spacial score (nSPS) is 18.7. The Kier molecular flexibility index (Phi) is 9.67. The number of nitro benzene ring substituents is 1. The van der Waals surface area contributed by atoms with Gasteiger partial charge in [0.25, 0.3) is 11.5 Å². The topological polar surface area (TPSA) is 101 Å². The number of nitro groups is 1. The summed E-state index contributed by atoms with van der Waals surface area (Å²) in [6.45, 7) is 0. The first kappa shape index (κ1) is 25.4. The Morgan fingerprint density at radius 2 is 1.44 bits per heavy atom. The lowest BCUT2D eigenvalue weighted by Gasteiger charge is -2.19. The van der Waals surface area contributed by atoms with Crippen LogP contribution in [0.3, 0.4) is 0 Å². The van der Waals surface area contributed by atoms with Crippen molar-refractivity contribution in [3.63, 3.8) is 0 Å². The van der Waals surface area contributed by atoms with Crippen LogP contribution in [0, 0.1) is 10.1 Å². The highest BCUT2D eigenvalue weighted by molar-refractivity contribution is 6.00. The van der Waals surface area contributed by atoms with Gasteiger partial charge in [-0.1, -0.05) is 50.7 Å². The van der Waals surface area contributed by atoms with Gasteiger partial charge in [0.1, 0.15) is 0 Å². The maximum atomic E-state index is 13.2. The van der Waals surface area contributed by atoms with Crippen molar-refractivity contribution >= 4 is 17.4 Å². The van der Waals surface area contributed by atoms with Gasteiger partial charge >= 0.3 is 6.18 Å². The molecule has 10 heteroatoms. The summed E-state index contributed by atoms with van der Waals surface area (Å²) in [5.74, 6) is -2.40. The van der Waals surface area contributed by atoms with Crippen LogP contribution in [-0.2, 0) is 16.0 Å². The summed E-state index contributed by atoms with van der Waals surface area (Å²) in [6, 6.07) is 5.41. The van der Waals surface area contributed by atoms with Crippen molar-refractivity contribution in [3.05, 3.63) is 51.2 Å². The Morgan fingerprint density at radius 1 is 0.906 bits per heavy atom. The number of rotatable bonds is 6. The number of hydrogen-bond donors (Lipinski definition) is 2. The van der Waals surface area contributed by atoms with E-state index in [1.807, 2.05) is 0 Å². The predicted molar refractivity (Wildman–Crippen MR) is 112 cm³/mol. The first-order chi connectivity index (χ1) is 15.2. The number of non-ortho nitro benzene ring substituents is 1. The minimum Gasteiger partial charge on any atom is -0.302 e. The van der Waals surface area contributed by atoms with Crippen LogP contribution in [-0.4, -0.2) is 22.8 Å². The lowest BCUT2D eigenvalue weighted by Crippen LogP contribution is -2.39. The molecule has 1 aliphatic rings. The molecule has 0 saturated carbocycles. The second-order valence-electron chi connectivity index (χ2n) is 7.89. The van der Waals surface area contributed by atoms with E-state index >= 15 is 0 Å². The third-order valence-corrected chi connectivity index (χ3v) is 5.36. The molecule has 0 radical (unpaired) electrons. The molecule has 1 aromatic rings. The molecule has 1 aliphatic carbocycles. The van der Waals surface area contributed by atoms with Gasteiger partial charge in [-0.15, -0.1) is 0 Å². The molecule has 0 spiro atoms. The first-order valence-electron chi connectivity index (χ1n) is 10.8. The average molecular weight is 455 g/mol. The number of alkyl halides is 3. The van der Waals surface area contributed by atoms with Gasteiger partial charge < -0.3 is 5.43 Å². The lowest BCUT2D eigenvalue weighted by molar-refractivity contribution is -0.384. The van der Waals surface area contributed by atoms with Crippen LogP contribution in [0.5, 0.6) is 0 Å². The van der Waals surface area contributed by atoms with Crippen LogP contribution < -0.4 is 10.9 Å². The number of ketones is 1. The van der Waals surface area contributed by atoms with Crippen LogP contribution in [0.2, 0.25) is 0 Å². The number of hydrogen-bond acceptors (Lipinski definition) is 5. The highest BCUT2D eigenvalue weighted by Crippen LogP contribution is 2.28. The summed E-state index contributed by atoms with van der Waals surface area (Å²) in [5.41, 5.74) is 5.14. The molecule has 7 nitrogen and oxygen atoms in total. The number of carbonyl (C=O) groups excluding carboxylic acids is 2. The molecule has 2 rings (SSSR count). The van der Waals surface area contributed by atoms with Crippen LogP contribution in [0.15, 0.2) is 35.5 Å². The molecule has 176 valence electrons. The van der Waals surface area contributed by atoms with E-state index in [4.69, 9.17) is 0 Å². The van der Waals surface area contributed by atoms with Crippen LogP contribution >= 0.6 is 0 Å². The number of allylic oxidation sites excluding steroid dienone is 2. The highest BCUT2D eigenvalue weighted by atomic mass is 19.4. The van der Waals surface area contributed by atoms with Crippen molar-refractivity contribution in [1.82, 2.24) is 10.9 Å². The number of nitrogens with one attached hydrogen (secondary N) is 2. The van der Waals surface area contributed by atoms with Crippen LogP contribution in [0.4, 0.5) is 18.9 Å². The summed E-state index contributed by atoms with van der Waals surface area (Å²) in [5, 5.41) is 10.7.